The molecule has 15 heavy (non-hydrogen) atoms. The third kappa shape index (κ3) is 2.57. The lowest BCUT2D eigenvalue weighted by Crippen LogP contribution is -1.73. The van der Waals surface area contributed by atoms with Crippen LogP contribution in [0.4, 0.5) is 0 Å². The van der Waals surface area contributed by atoms with Crippen LogP contribution < -0.4 is 0 Å². The summed E-state index contributed by atoms with van der Waals surface area (Å²) in [5, 5.41) is 20.4. The summed E-state index contributed by atoms with van der Waals surface area (Å²) in [6.07, 6.45) is 3.61. The zero-order chi connectivity index (χ0) is 10.7. The van der Waals surface area contributed by atoms with Crippen LogP contribution in [0.25, 0.3) is 12.2 Å². The molecule has 0 bridgehead atoms. The predicted molar refractivity (Wildman–Crippen MR) is 60.8 cm³/mol. The molecule has 0 radical (unpaired) electrons. The van der Waals surface area contributed by atoms with Gasteiger partial charge in [-0.2, -0.15) is 0 Å². The first-order valence-electron chi connectivity index (χ1n) is 4.33. The lowest BCUT2D eigenvalue weighted by atomic mass is 10.2. The summed E-state index contributed by atoms with van der Waals surface area (Å²) < 4.78 is 0. The zero-order valence-electron chi connectivity index (χ0n) is 7.79. The fourth-order valence-electron chi connectivity index (χ4n) is 1.20. The lowest BCUT2D eigenvalue weighted by Gasteiger charge is -1.97. The molecule has 76 valence electrons. The van der Waals surface area contributed by atoms with Gasteiger partial charge >= 0.3 is 0 Å². The van der Waals surface area contributed by atoms with Crippen molar-refractivity contribution in [1.29, 1.82) is 0 Å². The second kappa shape index (κ2) is 4.14. The van der Waals surface area contributed by atoms with Gasteiger partial charge in [-0.1, -0.05) is 6.08 Å². The molecule has 1 heterocycles. The summed E-state index contributed by atoms with van der Waals surface area (Å²) in [6, 6.07) is 4.44. The summed E-state index contributed by atoms with van der Waals surface area (Å²) in [5.74, 6) is 0.0980. The minimum absolute atomic E-state index is 0.0490. The van der Waals surface area contributed by atoms with Crippen molar-refractivity contribution in [3.05, 3.63) is 40.3 Å². The van der Waals surface area contributed by atoms with E-state index in [9.17, 15) is 10.2 Å². The van der Waals surface area contributed by atoms with Crippen LogP contribution in [0.3, 0.4) is 0 Å². The van der Waals surface area contributed by atoms with Gasteiger partial charge < -0.3 is 10.2 Å². The molecule has 0 aliphatic rings. The summed E-state index contributed by atoms with van der Waals surface area (Å²) in [4.78, 5) is 4.08. The van der Waals surface area contributed by atoms with E-state index in [1.807, 2.05) is 11.5 Å². The van der Waals surface area contributed by atoms with Crippen molar-refractivity contribution >= 4 is 23.5 Å². The van der Waals surface area contributed by atoms with Gasteiger partial charge in [0.05, 0.1) is 11.2 Å². The Kier molecular flexibility index (Phi) is 2.69. The van der Waals surface area contributed by atoms with E-state index in [1.165, 1.54) is 17.4 Å². The number of rotatable bonds is 2. The van der Waals surface area contributed by atoms with Gasteiger partial charge in [-0.3, -0.25) is 0 Å². The van der Waals surface area contributed by atoms with E-state index in [1.54, 1.807) is 23.7 Å². The van der Waals surface area contributed by atoms with Gasteiger partial charge in [0, 0.05) is 11.4 Å². The molecule has 0 aliphatic heterocycles. The molecule has 0 fully saturated rings. The quantitative estimate of drug-likeness (QED) is 0.816. The van der Waals surface area contributed by atoms with Crippen LogP contribution in [0.2, 0.25) is 0 Å². The molecule has 0 saturated carbocycles. The van der Waals surface area contributed by atoms with Crippen LogP contribution >= 0.6 is 11.3 Å². The maximum absolute atomic E-state index is 9.24. The fourth-order valence-corrected chi connectivity index (χ4v) is 1.72. The lowest BCUT2D eigenvalue weighted by molar-refractivity contribution is 0.450. The molecule has 0 saturated heterocycles. The average molecular weight is 219 g/mol. The minimum atomic E-state index is 0.0490. The van der Waals surface area contributed by atoms with Crippen LogP contribution in [0, 0.1) is 0 Å². The first-order chi connectivity index (χ1) is 7.24. The van der Waals surface area contributed by atoms with Gasteiger partial charge in [0.2, 0.25) is 0 Å². The van der Waals surface area contributed by atoms with Gasteiger partial charge in [0.15, 0.2) is 0 Å². The second-order valence-corrected chi connectivity index (χ2v) is 3.75. The molecule has 3 nitrogen and oxygen atoms in total. The van der Waals surface area contributed by atoms with Crippen molar-refractivity contribution in [2.75, 3.05) is 0 Å². The number of phenolic OH excluding ortho intramolecular Hbond substituents is 2. The number of aromatic nitrogens is 1. The topological polar surface area (TPSA) is 53.4 Å². The van der Waals surface area contributed by atoms with E-state index < -0.39 is 0 Å². The predicted octanol–water partition coefficient (Wildman–Crippen LogP) is 2.72. The maximum atomic E-state index is 9.24. The molecule has 2 rings (SSSR count). The highest BCUT2D eigenvalue weighted by molar-refractivity contribution is 7.07. The Labute approximate surface area is 91.0 Å². The largest absolute Gasteiger partial charge is 0.508 e. The monoisotopic (exact) mass is 219 g/mol. The summed E-state index contributed by atoms with van der Waals surface area (Å²) in [7, 11) is 0. The standard InChI is InChI=1S/C11H9NO2S/c13-10-3-8(4-11(14)5-10)1-2-9-6-15-7-12-9/h1-7,13-14H. The smallest absolute Gasteiger partial charge is 0.119 e. The molecular weight excluding hydrogens is 210 g/mol. The summed E-state index contributed by atoms with van der Waals surface area (Å²) in [5.41, 5.74) is 3.35. The van der Waals surface area contributed by atoms with Crippen LogP contribution in [-0.2, 0) is 0 Å². The number of benzene rings is 1. The van der Waals surface area contributed by atoms with Crippen LogP contribution in [0.5, 0.6) is 11.5 Å². The van der Waals surface area contributed by atoms with Crippen molar-refractivity contribution < 1.29 is 10.2 Å². The van der Waals surface area contributed by atoms with Crippen molar-refractivity contribution in [1.82, 2.24) is 4.98 Å². The number of hydrogen-bond acceptors (Lipinski definition) is 4. The molecule has 0 atom stereocenters. The first-order valence-corrected chi connectivity index (χ1v) is 5.27. The first kappa shape index (κ1) is 9.73. The number of phenols is 2. The molecule has 1 aromatic heterocycles. The number of nitrogens with zero attached hydrogens (tertiary/aromatic N) is 1. The number of thiazole rings is 1. The van der Waals surface area contributed by atoms with Gasteiger partial charge in [-0.25, -0.2) is 4.98 Å². The molecular formula is C11H9NO2S. The molecule has 0 amide bonds. The van der Waals surface area contributed by atoms with E-state index >= 15 is 0 Å². The second-order valence-electron chi connectivity index (χ2n) is 3.03. The Bertz CT molecular complexity index is 457. The normalized spacial score (nSPS) is 10.9. The molecule has 0 spiro atoms. The van der Waals surface area contributed by atoms with Crippen molar-refractivity contribution in [2.24, 2.45) is 0 Å². The molecule has 4 heteroatoms. The van der Waals surface area contributed by atoms with Gasteiger partial charge in [-0.05, 0) is 23.8 Å². The Morgan fingerprint density at radius 2 is 1.80 bits per heavy atom. The SMILES string of the molecule is Oc1cc(O)cc(C=Cc2cscn2)c1. The number of hydrogen-bond donors (Lipinski definition) is 2. The summed E-state index contributed by atoms with van der Waals surface area (Å²) in [6.45, 7) is 0. The highest BCUT2D eigenvalue weighted by Crippen LogP contribution is 2.21. The van der Waals surface area contributed by atoms with Crippen molar-refractivity contribution in [2.45, 2.75) is 0 Å². The van der Waals surface area contributed by atoms with Crippen molar-refractivity contribution in [3.8, 4) is 11.5 Å². The highest BCUT2D eigenvalue weighted by Gasteiger charge is 1.95. The minimum Gasteiger partial charge on any atom is -0.508 e. The van der Waals surface area contributed by atoms with Crippen LogP contribution in [0.15, 0.2) is 29.1 Å². The Morgan fingerprint density at radius 3 is 2.40 bits per heavy atom. The van der Waals surface area contributed by atoms with Gasteiger partial charge in [-0.15, -0.1) is 11.3 Å². The van der Waals surface area contributed by atoms with E-state index in [2.05, 4.69) is 4.98 Å². The highest BCUT2D eigenvalue weighted by atomic mass is 32.1. The van der Waals surface area contributed by atoms with Crippen LogP contribution in [-0.4, -0.2) is 15.2 Å². The molecule has 2 aromatic rings. The Balaban J connectivity index is 2.24. The molecule has 0 unspecified atom stereocenters. The average Bonchev–Trinajstić information content (AvgIpc) is 2.65. The van der Waals surface area contributed by atoms with Gasteiger partial charge in [0.25, 0.3) is 0 Å². The van der Waals surface area contributed by atoms with Crippen molar-refractivity contribution in [3.63, 3.8) is 0 Å². The Morgan fingerprint density at radius 1 is 1.07 bits per heavy atom. The third-order valence-corrected chi connectivity index (χ3v) is 2.43. The summed E-state index contributed by atoms with van der Waals surface area (Å²) >= 11 is 1.52. The van der Waals surface area contributed by atoms with E-state index in [4.69, 9.17) is 0 Å². The number of aromatic hydroxyl groups is 2. The molecule has 2 N–H and O–H groups in total. The van der Waals surface area contributed by atoms with E-state index in [-0.39, 0.29) is 11.5 Å². The van der Waals surface area contributed by atoms with Gasteiger partial charge in [0.1, 0.15) is 11.5 Å². The third-order valence-electron chi connectivity index (χ3n) is 1.82. The van der Waals surface area contributed by atoms with Crippen LogP contribution in [0.1, 0.15) is 11.3 Å². The van der Waals surface area contributed by atoms with E-state index in [0.717, 1.165) is 11.3 Å². The Hall–Kier alpha value is -1.81. The molecule has 0 aliphatic carbocycles. The maximum Gasteiger partial charge on any atom is 0.119 e. The molecule has 1 aromatic carbocycles. The van der Waals surface area contributed by atoms with E-state index in [0.29, 0.717) is 0 Å². The zero-order valence-corrected chi connectivity index (χ0v) is 8.61. The fraction of sp³-hybridized carbons (Fsp3) is 0.